The van der Waals surface area contributed by atoms with E-state index in [1.807, 2.05) is 20.8 Å². The Labute approximate surface area is 119 Å². The molecule has 0 aromatic rings. The molecular weight excluding hydrogens is 260 g/mol. The molecule has 1 heterocycles. The van der Waals surface area contributed by atoms with Crippen LogP contribution in [0.2, 0.25) is 0 Å². The highest BCUT2D eigenvalue weighted by Crippen LogP contribution is 2.48. The Morgan fingerprint density at radius 2 is 1.95 bits per heavy atom. The first-order chi connectivity index (χ1) is 8.89. The van der Waals surface area contributed by atoms with E-state index in [-0.39, 0.29) is 28.7 Å². The topological polar surface area (TPSA) is 61.4 Å². The van der Waals surface area contributed by atoms with E-state index in [1.165, 1.54) is 0 Å². The highest BCUT2D eigenvalue weighted by atomic mass is 32.2. The molecule has 2 unspecified atom stereocenters. The van der Waals surface area contributed by atoms with Crippen molar-refractivity contribution in [2.45, 2.75) is 57.2 Å². The van der Waals surface area contributed by atoms with Crippen LogP contribution in [0.3, 0.4) is 0 Å². The van der Waals surface area contributed by atoms with Crippen LogP contribution in [0.1, 0.15) is 46.5 Å². The summed E-state index contributed by atoms with van der Waals surface area (Å²) in [6.07, 6.45) is 4.46. The Morgan fingerprint density at radius 1 is 1.32 bits per heavy atom. The molecule has 1 saturated carbocycles. The molecule has 4 nitrogen and oxygen atoms in total. The Morgan fingerprint density at radius 3 is 2.47 bits per heavy atom. The smallest absolute Gasteiger partial charge is 0.0973 e. The number of aliphatic hydroxyl groups is 1. The summed E-state index contributed by atoms with van der Waals surface area (Å²) in [7, 11) is -1.06. The van der Waals surface area contributed by atoms with Gasteiger partial charge in [-0.05, 0) is 70.9 Å². The number of aliphatic hydroxyl groups excluding tert-OH is 1. The molecular formula is C14H28N2O2S. The quantitative estimate of drug-likeness (QED) is 0.731. The number of hydrogen-bond acceptors (Lipinski definition) is 3. The standard InChI is InChI=1S/C14H28N2O2S/c1-13(2,3)19(18)16-12-11(10-17)4-5-14(12)6-8-15-9-7-14/h11-12,15-17H,4-10H2,1-3H3/t11?,12?,19-/m1/s1. The van der Waals surface area contributed by atoms with Crippen LogP contribution in [-0.2, 0) is 11.0 Å². The molecule has 2 aliphatic rings. The van der Waals surface area contributed by atoms with Crippen molar-refractivity contribution in [2.24, 2.45) is 11.3 Å². The van der Waals surface area contributed by atoms with Crippen LogP contribution >= 0.6 is 0 Å². The van der Waals surface area contributed by atoms with Crippen LogP contribution in [-0.4, -0.2) is 39.8 Å². The van der Waals surface area contributed by atoms with Gasteiger partial charge in [0, 0.05) is 12.6 Å². The van der Waals surface area contributed by atoms with Crippen molar-refractivity contribution in [1.29, 1.82) is 0 Å². The second-order valence-corrected chi connectivity index (χ2v) is 9.07. The largest absolute Gasteiger partial charge is 0.396 e. The maximum Gasteiger partial charge on any atom is 0.0973 e. The third-order valence-corrected chi connectivity index (χ3v) is 6.35. The minimum absolute atomic E-state index is 0.194. The number of rotatable bonds is 3. The molecule has 0 bridgehead atoms. The van der Waals surface area contributed by atoms with Gasteiger partial charge >= 0.3 is 0 Å². The van der Waals surface area contributed by atoms with Crippen molar-refractivity contribution in [3.05, 3.63) is 0 Å². The van der Waals surface area contributed by atoms with Crippen LogP contribution in [0, 0.1) is 11.3 Å². The Kier molecular flexibility index (Phi) is 4.71. The Hall–Kier alpha value is 0.0300. The molecule has 2 fully saturated rings. The summed E-state index contributed by atoms with van der Waals surface area (Å²) in [5, 5.41) is 13.0. The third kappa shape index (κ3) is 3.20. The third-order valence-electron chi connectivity index (χ3n) is 4.77. The molecule has 112 valence electrons. The van der Waals surface area contributed by atoms with Gasteiger partial charge in [0.05, 0.1) is 15.7 Å². The molecule has 2 rings (SSSR count). The second kappa shape index (κ2) is 5.80. The highest BCUT2D eigenvalue weighted by Gasteiger charge is 2.49. The lowest BCUT2D eigenvalue weighted by Gasteiger charge is -2.41. The molecule has 19 heavy (non-hydrogen) atoms. The summed E-state index contributed by atoms with van der Waals surface area (Å²) in [4.78, 5) is 0. The fourth-order valence-corrected chi connectivity index (χ4v) is 4.52. The lowest BCUT2D eigenvalue weighted by molar-refractivity contribution is 0.135. The van der Waals surface area contributed by atoms with Crippen molar-refractivity contribution in [1.82, 2.24) is 10.0 Å². The second-order valence-electron chi connectivity index (χ2n) is 7.07. The van der Waals surface area contributed by atoms with E-state index in [4.69, 9.17) is 0 Å². The minimum Gasteiger partial charge on any atom is -0.396 e. The summed E-state index contributed by atoms with van der Waals surface area (Å²) in [6, 6.07) is 0.194. The minimum atomic E-state index is -1.06. The average Bonchev–Trinajstić information content (AvgIpc) is 2.68. The molecule has 1 aliphatic heterocycles. The van der Waals surface area contributed by atoms with E-state index in [2.05, 4.69) is 10.0 Å². The van der Waals surface area contributed by atoms with E-state index in [0.717, 1.165) is 38.8 Å². The monoisotopic (exact) mass is 288 g/mol. The number of piperidine rings is 1. The Balaban J connectivity index is 2.14. The summed E-state index contributed by atoms with van der Waals surface area (Å²) < 4.78 is 15.5. The lowest BCUT2D eigenvalue weighted by Crippen LogP contribution is -2.53. The van der Waals surface area contributed by atoms with E-state index >= 15 is 0 Å². The summed E-state index contributed by atoms with van der Waals surface area (Å²) in [6.45, 7) is 8.27. The van der Waals surface area contributed by atoms with Gasteiger partial charge in [-0.15, -0.1) is 0 Å². The zero-order valence-electron chi connectivity index (χ0n) is 12.4. The van der Waals surface area contributed by atoms with Crippen molar-refractivity contribution in [3.63, 3.8) is 0 Å². The summed E-state index contributed by atoms with van der Waals surface area (Å²) in [5.41, 5.74) is 0.236. The first-order valence-corrected chi connectivity index (χ1v) is 8.54. The number of hydrogen-bond donors (Lipinski definition) is 3. The molecule has 3 N–H and O–H groups in total. The van der Waals surface area contributed by atoms with Gasteiger partial charge in [-0.25, -0.2) is 8.93 Å². The SMILES string of the molecule is CC(C)(C)[S@@](=O)NC1C(CO)CCC12CCNCC2. The maximum atomic E-state index is 12.4. The molecule has 0 radical (unpaired) electrons. The molecule has 1 spiro atoms. The molecule has 3 atom stereocenters. The fraction of sp³-hybridized carbons (Fsp3) is 1.00. The first-order valence-electron chi connectivity index (χ1n) is 7.39. The first kappa shape index (κ1) is 15.4. The number of nitrogens with one attached hydrogen (secondary N) is 2. The van der Waals surface area contributed by atoms with Gasteiger partial charge < -0.3 is 10.4 Å². The normalized spacial score (nSPS) is 32.6. The van der Waals surface area contributed by atoms with Crippen molar-refractivity contribution < 1.29 is 9.32 Å². The average molecular weight is 288 g/mol. The van der Waals surface area contributed by atoms with Crippen molar-refractivity contribution in [2.75, 3.05) is 19.7 Å². The van der Waals surface area contributed by atoms with Gasteiger partial charge in [0.15, 0.2) is 0 Å². The van der Waals surface area contributed by atoms with Gasteiger partial charge in [-0.2, -0.15) is 0 Å². The van der Waals surface area contributed by atoms with Crippen LogP contribution in [0.15, 0.2) is 0 Å². The van der Waals surface area contributed by atoms with Crippen LogP contribution in [0.25, 0.3) is 0 Å². The van der Waals surface area contributed by atoms with Gasteiger partial charge in [-0.3, -0.25) is 0 Å². The van der Waals surface area contributed by atoms with Gasteiger partial charge in [0.2, 0.25) is 0 Å². The van der Waals surface area contributed by atoms with Crippen molar-refractivity contribution >= 4 is 11.0 Å². The van der Waals surface area contributed by atoms with E-state index in [0.29, 0.717) is 0 Å². The Bertz CT molecular complexity index is 335. The molecule has 0 aromatic heterocycles. The predicted octanol–water partition coefficient (Wildman–Crippen LogP) is 1.18. The van der Waals surface area contributed by atoms with E-state index in [1.54, 1.807) is 0 Å². The predicted molar refractivity (Wildman–Crippen MR) is 79.2 cm³/mol. The van der Waals surface area contributed by atoms with Gasteiger partial charge in [0.25, 0.3) is 0 Å². The zero-order chi connectivity index (χ0) is 14.1. The van der Waals surface area contributed by atoms with E-state index in [9.17, 15) is 9.32 Å². The van der Waals surface area contributed by atoms with Gasteiger partial charge in [0.1, 0.15) is 0 Å². The molecule has 1 saturated heterocycles. The lowest BCUT2D eigenvalue weighted by atomic mass is 9.74. The van der Waals surface area contributed by atoms with Crippen LogP contribution < -0.4 is 10.0 Å². The van der Waals surface area contributed by atoms with Crippen LogP contribution in [0.5, 0.6) is 0 Å². The summed E-state index contributed by atoms with van der Waals surface area (Å²) in [5.74, 6) is 0.254. The molecule has 5 heteroatoms. The zero-order valence-corrected chi connectivity index (χ0v) is 13.2. The maximum absolute atomic E-state index is 12.4. The molecule has 0 amide bonds. The summed E-state index contributed by atoms with van der Waals surface area (Å²) >= 11 is 0. The van der Waals surface area contributed by atoms with Crippen molar-refractivity contribution in [3.8, 4) is 0 Å². The molecule has 0 aromatic carbocycles. The van der Waals surface area contributed by atoms with Gasteiger partial charge in [-0.1, -0.05) is 0 Å². The van der Waals surface area contributed by atoms with E-state index < -0.39 is 11.0 Å². The van der Waals surface area contributed by atoms with Crippen LogP contribution in [0.4, 0.5) is 0 Å². The highest BCUT2D eigenvalue weighted by molar-refractivity contribution is 7.84. The molecule has 1 aliphatic carbocycles. The fourth-order valence-electron chi connectivity index (χ4n) is 3.49.